The van der Waals surface area contributed by atoms with Crippen molar-refractivity contribution in [1.29, 1.82) is 0 Å². The van der Waals surface area contributed by atoms with Crippen LogP contribution in [0.1, 0.15) is 11.1 Å². The highest BCUT2D eigenvalue weighted by Gasteiger charge is 2.33. The molecule has 0 saturated carbocycles. The molecule has 4 rings (SSSR count). The fourth-order valence-corrected chi connectivity index (χ4v) is 3.40. The van der Waals surface area contributed by atoms with Gasteiger partial charge in [-0.05, 0) is 23.1 Å². The van der Waals surface area contributed by atoms with E-state index in [-0.39, 0.29) is 0 Å². The standard InChI is InChI=1S/C20H18N/c1-21(2)14-19(15-8-4-3-5-9-15)18-13-12-16-10-6-7-11-17(16)20(18)21/h3-14H,1-2H3/q+1. The monoisotopic (exact) mass is 272 g/mol. The lowest BCUT2D eigenvalue weighted by atomic mass is 9.96. The molecule has 1 nitrogen and oxygen atoms in total. The second kappa shape index (κ2) is 4.31. The highest BCUT2D eigenvalue weighted by atomic mass is 15.3. The molecule has 0 amide bonds. The number of benzene rings is 3. The molecule has 1 heteroatoms. The van der Waals surface area contributed by atoms with E-state index < -0.39 is 0 Å². The van der Waals surface area contributed by atoms with Gasteiger partial charge in [0.25, 0.3) is 0 Å². The quantitative estimate of drug-likeness (QED) is 0.558. The lowest BCUT2D eigenvalue weighted by Gasteiger charge is -2.22. The fourth-order valence-electron chi connectivity index (χ4n) is 3.40. The minimum atomic E-state index is 0.793. The molecule has 0 N–H and O–H groups in total. The number of hydrogen-bond acceptors (Lipinski definition) is 0. The summed E-state index contributed by atoms with van der Waals surface area (Å²) in [5.74, 6) is 0. The van der Waals surface area contributed by atoms with Gasteiger partial charge in [0.15, 0.2) is 5.69 Å². The van der Waals surface area contributed by atoms with Crippen molar-refractivity contribution in [2.45, 2.75) is 0 Å². The number of quaternary nitrogens is 1. The van der Waals surface area contributed by atoms with E-state index in [0.29, 0.717) is 0 Å². The maximum Gasteiger partial charge on any atom is 0.153 e. The van der Waals surface area contributed by atoms with Gasteiger partial charge in [-0.2, -0.15) is 0 Å². The fraction of sp³-hybridized carbons (Fsp3) is 0.100. The van der Waals surface area contributed by atoms with E-state index in [0.717, 1.165) is 4.48 Å². The molecule has 0 unspecified atom stereocenters. The van der Waals surface area contributed by atoms with Gasteiger partial charge in [0.05, 0.1) is 14.1 Å². The molecular formula is C20H18N+. The summed E-state index contributed by atoms with van der Waals surface area (Å²) >= 11 is 0. The summed E-state index contributed by atoms with van der Waals surface area (Å²) in [4.78, 5) is 0. The van der Waals surface area contributed by atoms with Crippen LogP contribution in [0, 0.1) is 0 Å². The summed E-state index contributed by atoms with van der Waals surface area (Å²) < 4.78 is 0.793. The van der Waals surface area contributed by atoms with Crippen molar-refractivity contribution >= 4 is 22.0 Å². The van der Waals surface area contributed by atoms with E-state index in [2.05, 4.69) is 87.0 Å². The summed E-state index contributed by atoms with van der Waals surface area (Å²) in [6.45, 7) is 0. The smallest absolute Gasteiger partial charge is 0.153 e. The third-order valence-electron chi connectivity index (χ3n) is 4.30. The van der Waals surface area contributed by atoms with Crippen LogP contribution in [0.4, 0.5) is 5.69 Å². The molecule has 3 aromatic carbocycles. The zero-order valence-corrected chi connectivity index (χ0v) is 12.4. The zero-order chi connectivity index (χ0) is 14.4. The summed E-state index contributed by atoms with van der Waals surface area (Å²) in [6, 6.07) is 23.8. The van der Waals surface area contributed by atoms with Crippen LogP contribution in [0.15, 0.2) is 72.9 Å². The van der Waals surface area contributed by atoms with Crippen molar-refractivity contribution in [1.82, 2.24) is 4.48 Å². The Morgan fingerprint density at radius 1 is 0.714 bits per heavy atom. The predicted octanol–water partition coefficient (Wildman–Crippen LogP) is 4.81. The van der Waals surface area contributed by atoms with Gasteiger partial charge in [0, 0.05) is 16.5 Å². The van der Waals surface area contributed by atoms with Gasteiger partial charge in [0.1, 0.15) is 6.20 Å². The lowest BCUT2D eigenvalue weighted by Crippen LogP contribution is -2.31. The Morgan fingerprint density at radius 3 is 2.24 bits per heavy atom. The first-order valence-electron chi connectivity index (χ1n) is 7.31. The molecule has 1 aliphatic rings. The SMILES string of the molecule is C[N+]1(C)C=C(c2ccccc2)c2ccc3ccccc3c21. The summed E-state index contributed by atoms with van der Waals surface area (Å²) in [5, 5.41) is 2.66. The number of rotatable bonds is 1. The molecule has 0 bridgehead atoms. The predicted molar refractivity (Wildman–Crippen MR) is 91.1 cm³/mol. The number of nitrogens with zero attached hydrogens (tertiary/aromatic N) is 1. The molecule has 0 atom stereocenters. The Bertz CT molecular complexity index is 857. The number of fused-ring (bicyclic) bond motifs is 3. The second-order valence-electron chi connectivity index (χ2n) is 6.13. The average Bonchev–Trinajstić information content (AvgIpc) is 2.80. The Balaban J connectivity index is 2.04. The molecule has 0 spiro atoms. The average molecular weight is 272 g/mol. The summed E-state index contributed by atoms with van der Waals surface area (Å²) in [7, 11) is 4.50. The Labute approximate surface area is 125 Å². The molecule has 1 aliphatic heterocycles. The molecular weight excluding hydrogens is 254 g/mol. The molecule has 0 radical (unpaired) electrons. The van der Waals surface area contributed by atoms with Crippen molar-refractivity contribution in [3.05, 3.63) is 84.1 Å². The van der Waals surface area contributed by atoms with Crippen LogP contribution in [0.5, 0.6) is 0 Å². The van der Waals surface area contributed by atoms with Crippen molar-refractivity contribution in [3.8, 4) is 0 Å². The van der Waals surface area contributed by atoms with E-state index >= 15 is 0 Å². The molecule has 0 aliphatic carbocycles. The zero-order valence-electron chi connectivity index (χ0n) is 12.4. The summed E-state index contributed by atoms with van der Waals surface area (Å²) in [5.41, 5.74) is 5.37. The molecule has 21 heavy (non-hydrogen) atoms. The van der Waals surface area contributed by atoms with Gasteiger partial charge in [0.2, 0.25) is 0 Å². The van der Waals surface area contributed by atoms with Crippen LogP contribution in [-0.2, 0) is 0 Å². The van der Waals surface area contributed by atoms with Crippen molar-refractivity contribution < 1.29 is 0 Å². The number of hydrogen-bond donors (Lipinski definition) is 0. The highest BCUT2D eigenvalue weighted by molar-refractivity contribution is 6.04. The van der Waals surface area contributed by atoms with Gasteiger partial charge in [-0.15, -0.1) is 0 Å². The second-order valence-corrected chi connectivity index (χ2v) is 6.13. The van der Waals surface area contributed by atoms with Crippen molar-refractivity contribution in [3.63, 3.8) is 0 Å². The van der Waals surface area contributed by atoms with E-state index in [1.807, 2.05) is 0 Å². The molecule has 3 aromatic rings. The first-order valence-corrected chi connectivity index (χ1v) is 7.31. The lowest BCUT2D eigenvalue weighted by molar-refractivity contribution is 0.554. The van der Waals surface area contributed by atoms with E-state index in [1.54, 1.807) is 0 Å². The van der Waals surface area contributed by atoms with Gasteiger partial charge >= 0.3 is 0 Å². The maximum absolute atomic E-state index is 2.35. The first-order chi connectivity index (χ1) is 10.2. The van der Waals surface area contributed by atoms with Crippen LogP contribution in [0.2, 0.25) is 0 Å². The molecule has 102 valence electrons. The van der Waals surface area contributed by atoms with Gasteiger partial charge in [-0.1, -0.05) is 54.6 Å². The van der Waals surface area contributed by atoms with Gasteiger partial charge < -0.3 is 0 Å². The van der Waals surface area contributed by atoms with Gasteiger partial charge in [-0.25, -0.2) is 0 Å². The Hall–Kier alpha value is -2.38. The molecule has 0 aromatic heterocycles. The summed E-state index contributed by atoms with van der Waals surface area (Å²) in [6.07, 6.45) is 2.35. The third kappa shape index (κ3) is 1.82. The van der Waals surface area contributed by atoms with Crippen LogP contribution >= 0.6 is 0 Å². The van der Waals surface area contributed by atoms with Crippen LogP contribution in [0.3, 0.4) is 0 Å². The molecule has 0 saturated heterocycles. The topological polar surface area (TPSA) is 0 Å². The minimum absolute atomic E-state index is 0.793. The minimum Gasteiger partial charge on any atom is -0.268 e. The van der Waals surface area contributed by atoms with E-state index in [1.165, 1.54) is 33.2 Å². The van der Waals surface area contributed by atoms with Gasteiger partial charge in [-0.3, -0.25) is 4.48 Å². The third-order valence-corrected chi connectivity index (χ3v) is 4.30. The Kier molecular flexibility index (Phi) is 2.54. The van der Waals surface area contributed by atoms with E-state index in [9.17, 15) is 0 Å². The molecule has 1 heterocycles. The van der Waals surface area contributed by atoms with Crippen LogP contribution in [-0.4, -0.2) is 14.1 Å². The maximum atomic E-state index is 2.35. The largest absolute Gasteiger partial charge is 0.268 e. The van der Waals surface area contributed by atoms with Crippen LogP contribution < -0.4 is 4.48 Å². The normalized spacial score (nSPS) is 15.8. The highest BCUT2D eigenvalue weighted by Crippen LogP contribution is 2.45. The Morgan fingerprint density at radius 2 is 1.43 bits per heavy atom. The van der Waals surface area contributed by atoms with Crippen molar-refractivity contribution in [2.24, 2.45) is 0 Å². The van der Waals surface area contributed by atoms with E-state index in [4.69, 9.17) is 0 Å². The van der Waals surface area contributed by atoms with Crippen molar-refractivity contribution in [2.75, 3.05) is 14.1 Å². The van der Waals surface area contributed by atoms with Crippen LogP contribution in [0.25, 0.3) is 16.3 Å². The molecule has 0 fully saturated rings. The first kappa shape index (κ1) is 12.4.